The van der Waals surface area contributed by atoms with Crippen LogP contribution in [0.3, 0.4) is 0 Å². The summed E-state index contributed by atoms with van der Waals surface area (Å²) in [6, 6.07) is 13.3. The Labute approximate surface area is 165 Å². The topological polar surface area (TPSA) is 71.5 Å². The van der Waals surface area contributed by atoms with Crippen molar-refractivity contribution in [3.63, 3.8) is 0 Å². The minimum atomic E-state index is -4.46. The number of amides is 1. The second kappa shape index (κ2) is 7.89. The predicted octanol–water partition coefficient (Wildman–Crippen LogP) is 5.61. The molecule has 28 heavy (non-hydrogen) atoms. The Morgan fingerprint density at radius 1 is 1.04 bits per heavy atom. The number of halogens is 4. The van der Waals surface area contributed by atoms with Crippen molar-refractivity contribution < 1.29 is 27.8 Å². The minimum Gasteiger partial charge on any atom is -0.505 e. The molecule has 144 valence electrons. The molecular formula is C19H12BrF3N2O3. The third-order valence-electron chi connectivity index (χ3n) is 3.56. The fourth-order valence-electron chi connectivity index (χ4n) is 2.26. The lowest BCUT2D eigenvalue weighted by molar-refractivity contribution is -0.137. The van der Waals surface area contributed by atoms with Crippen molar-refractivity contribution in [2.24, 2.45) is 0 Å². The number of hydrogen-bond acceptors (Lipinski definition) is 4. The molecule has 2 N–H and O–H groups in total. The van der Waals surface area contributed by atoms with Crippen molar-refractivity contribution >= 4 is 27.5 Å². The van der Waals surface area contributed by atoms with Crippen LogP contribution in [0.25, 0.3) is 0 Å². The number of rotatable bonds is 4. The Hall–Kier alpha value is -3.07. The summed E-state index contributed by atoms with van der Waals surface area (Å²) >= 11 is 3.12. The number of pyridine rings is 1. The van der Waals surface area contributed by atoms with Crippen LogP contribution < -0.4 is 10.1 Å². The first-order valence-corrected chi connectivity index (χ1v) is 8.64. The molecule has 0 radical (unpaired) electrons. The van der Waals surface area contributed by atoms with Crippen molar-refractivity contribution in [2.45, 2.75) is 6.18 Å². The summed E-state index contributed by atoms with van der Waals surface area (Å²) in [5.74, 6) is -0.564. The Morgan fingerprint density at radius 3 is 2.43 bits per heavy atom. The van der Waals surface area contributed by atoms with Gasteiger partial charge in [0.15, 0.2) is 5.69 Å². The van der Waals surface area contributed by atoms with E-state index in [1.54, 1.807) is 0 Å². The number of nitrogens with zero attached hydrogens (tertiary/aromatic N) is 1. The van der Waals surface area contributed by atoms with Crippen LogP contribution in [0.4, 0.5) is 18.9 Å². The van der Waals surface area contributed by atoms with E-state index in [1.807, 2.05) is 0 Å². The second-order valence-electron chi connectivity index (χ2n) is 5.61. The van der Waals surface area contributed by atoms with Crippen molar-refractivity contribution in [1.29, 1.82) is 0 Å². The fourth-order valence-corrected chi connectivity index (χ4v) is 2.57. The Morgan fingerprint density at radius 2 is 1.75 bits per heavy atom. The van der Waals surface area contributed by atoms with Gasteiger partial charge in [-0.15, -0.1) is 0 Å². The maximum atomic E-state index is 12.8. The molecule has 0 unspecified atom stereocenters. The van der Waals surface area contributed by atoms with Crippen LogP contribution in [0.1, 0.15) is 16.1 Å². The second-order valence-corrected chi connectivity index (χ2v) is 6.42. The molecule has 0 bridgehead atoms. The fraction of sp³-hybridized carbons (Fsp3) is 0.0526. The zero-order valence-electron chi connectivity index (χ0n) is 14.0. The van der Waals surface area contributed by atoms with E-state index in [2.05, 4.69) is 26.2 Å². The van der Waals surface area contributed by atoms with Gasteiger partial charge in [-0.05, 0) is 70.5 Å². The van der Waals surface area contributed by atoms with Crippen molar-refractivity contribution in [3.8, 4) is 17.2 Å². The summed E-state index contributed by atoms with van der Waals surface area (Å²) in [6.45, 7) is 0. The normalized spacial score (nSPS) is 11.1. The highest BCUT2D eigenvalue weighted by molar-refractivity contribution is 9.10. The molecule has 0 saturated heterocycles. The van der Waals surface area contributed by atoms with E-state index in [-0.39, 0.29) is 17.2 Å². The number of anilines is 1. The zero-order valence-corrected chi connectivity index (χ0v) is 15.6. The van der Waals surface area contributed by atoms with E-state index in [4.69, 9.17) is 4.74 Å². The van der Waals surface area contributed by atoms with Crippen molar-refractivity contribution in [1.82, 2.24) is 4.98 Å². The molecule has 0 spiro atoms. The maximum Gasteiger partial charge on any atom is 0.416 e. The van der Waals surface area contributed by atoms with Crippen LogP contribution in [-0.2, 0) is 6.18 Å². The van der Waals surface area contributed by atoms with Crippen LogP contribution in [0, 0.1) is 0 Å². The first-order valence-electron chi connectivity index (χ1n) is 7.84. The number of aromatic nitrogens is 1. The van der Waals surface area contributed by atoms with E-state index >= 15 is 0 Å². The molecule has 2 aromatic carbocycles. The third kappa shape index (κ3) is 4.80. The highest BCUT2D eigenvalue weighted by atomic mass is 79.9. The molecule has 3 rings (SSSR count). The van der Waals surface area contributed by atoms with Crippen LogP contribution in [-0.4, -0.2) is 16.0 Å². The van der Waals surface area contributed by atoms with E-state index < -0.39 is 17.6 Å². The monoisotopic (exact) mass is 452 g/mol. The SMILES string of the molecule is O=C(Nc1ccc(Oc2cccc(C(F)(F)F)c2)cc1)c1nc(Br)ccc1O. The van der Waals surface area contributed by atoms with Gasteiger partial charge in [0, 0.05) is 5.69 Å². The van der Waals surface area contributed by atoms with Gasteiger partial charge < -0.3 is 15.2 Å². The Balaban J connectivity index is 1.70. The lowest BCUT2D eigenvalue weighted by Crippen LogP contribution is -2.14. The van der Waals surface area contributed by atoms with Gasteiger partial charge in [0.05, 0.1) is 5.56 Å². The molecular weight excluding hydrogens is 441 g/mol. The molecule has 0 saturated carbocycles. The quantitative estimate of drug-likeness (QED) is 0.504. The lowest BCUT2D eigenvalue weighted by Gasteiger charge is -2.11. The van der Waals surface area contributed by atoms with Gasteiger partial charge >= 0.3 is 6.18 Å². The van der Waals surface area contributed by atoms with Crippen LogP contribution in [0.15, 0.2) is 65.3 Å². The van der Waals surface area contributed by atoms with Gasteiger partial charge in [-0.3, -0.25) is 4.79 Å². The molecule has 0 aliphatic heterocycles. The summed E-state index contributed by atoms with van der Waals surface area (Å²) in [4.78, 5) is 16.1. The number of carbonyl (C=O) groups is 1. The van der Waals surface area contributed by atoms with Crippen molar-refractivity contribution in [3.05, 3.63) is 76.5 Å². The molecule has 1 heterocycles. The van der Waals surface area contributed by atoms with Gasteiger partial charge in [-0.2, -0.15) is 13.2 Å². The number of alkyl halides is 3. The third-order valence-corrected chi connectivity index (χ3v) is 4.01. The van der Waals surface area contributed by atoms with Crippen LogP contribution >= 0.6 is 15.9 Å². The molecule has 0 aliphatic carbocycles. The first kappa shape index (κ1) is 19.7. The Kier molecular flexibility index (Phi) is 5.55. The average molecular weight is 453 g/mol. The Bertz CT molecular complexity index is 1010. The van der Waals surface area contributed by atoms with E-state index in [0.717, 1.165) is 12.1 Å². The van der Waals surface area contributed by atoms with Gasteiger partial charge in [0.25, 0.3) is 5.91 Å². The maximum absolute atomic E-state index is 12.8. The molecule has 1 amide bonds. The summed E-state index contributed by atoms with van der Waals surface area (Å²) in [6.07, 6.45) is -4.46. The average Bonchev–Trinajstić information content (AvgIpc) is 2.65. The number of benzene rings is 2. The highest BCUT2D eigenvalue weighted by Crippen LogP contribution is 2.33. The van der Waals surface area contributed by atoms with Crippen molar-refractivity contribution in [2.75, 3.05) is 5.32 Å². The summed E-state index contributed by atoms with van der Waals surface area (Å²) < 4.78 is 44.1. The minimum absolute atomic E-state index is 0.0369. The molecule has 3 aromatic rings. The number of nitrogens with one attached hydrogen (secondary N) is 1. The van der Waals surface area contributed by atoms with Gasteiger partial charge in [0.2, 0.25) is 0 Å². The largest absolute Gasteiger partial charge is 0.505 e. The lowest BCUT2D eigenvalue weighted by atomic mass is 10.2. The molecule has 0 aliphatic rings. The number of ether oxygens (including phenoxy) is 1. The number of hydrogen-bond donors (Lipinski definition) is 2. The summed E-state index contributed by atoms with van der Waals surface area (Å²) in [5.41, 5.74) is -0.573. The van der Waals surface area contributed by atoms with Crippen LogP contribution in [0.2, 0.25) is 0 Å². The molecule has 0 atom stereocenters. The number of carbonyl (C=O) groups excluding carboxylic acids is 1. The number of aromatic hydroxyl groups is 1. The predicted molar refractivity (Wildman–Crippen MR) is 99.5 cm³/mol. The van der Waals surface area contributed by atoms with Gasteiger partial charge in [0.1, 0.15) is 21.9 Å². The smallest absolute Gasteiger partial charge is 0.416 e. The molecule has 1 aromatic heterocycles. The van der Waals surface area contributed by atoms with Gasteiger partial charge in [-0.1, -0.05) is 6.07 Å². The van der Waals surface area contributed by atoms with E-state index in [0.29, 0.717) is 16.0 Å². The standard InChI is InChI=1S/C19H12BrF3N2O3/c20-16-9-8-15(26)17(25-16)18(27)24-12-4-6-13(7-5-12)28-14-3-1-2-11(10-14)19(21,22)23/h1-10,26H,(H,24,27). The van der Waals surface area contributed by atoms with E-state index in [9.17, 15) is 23.1 Å². The molecule has 0 fully saturated rings. The first-order chi connectivity index (χ1) is 13.2. The highest BCUT2D eigenvalue weighted by Gasteiger charge is 2.30. The van der Waals surface area contributed by atoms with Crippen LogP contribution in [0.5, 0.6) is 17.2 Å². The summed E-state index contributed by atoms with van der Waals surface area (Å²) in [7, 11) is 0. The molecule has 5 nitrogen and oxygen atoms in total. The summed E-state index contributed by atoms with van der Waals surface area (Å²) in [5, 5.41) is 12.3. The van der Waals surface area contributed by atoms with Gasteiger partial charge in [-0.25, -0.2) is 4.98 Å². The van der Waals surface area contributed by atoms with E-state index in [1.165, 1.54) is 48.5 Å². The molecule has 9 heteroatoms. The zero-order chi connectivity index (χ0) is 20.3.